The van der Waals surface area contributed by atoms with Gasteiger partial charge in [0.1, 0.15) is 5.44 Å². The number of nitrogens with zero attached hydrogens (tertiary/aromatic N) is 1. The molecule has 1 heterocycles. The number of halogens is 1. The lowest BCUT2D eigenvalue weighted by molar-refractivity contribution is 0.385. The standard InChI is InChI=1S/C9H9ClNO3P/c1-11-8-3-2-7(10)4-6(8)5-9(11)15(12,13)14/h2-5H,1H3,(H2,12,13,14). The predicted molar refractivity (Wildman–Crippen MR) is 59.6 cm³/mol. The van der Waals surface area contributed by atoms with Crippen LogP contribution < -0.4 is 5.44 Å². The van der Waals surface area contributed by atoms with Crippen molar-refractivity contribution in [3.05, 3.63) is 29.3 Å². The second-order valence-corrected chi connectivity index (χ2v) is 5.29. The van der Waals surface area contributed by atoms with Crippen molar-refractivity contribution in [2.45, 2.75) is 0 Å². The molecule has 0 bridgehead atoms. The van der Waals surface area contributed by atoms with Crippen LogP contribution >= 0.6 is 19.2 Å². The van der Waals surface area contributed by atoms with E-state index in [1.807, 2.05) is 0 Å². The van der Waals surface area contributed by atoms with E-state index < -0.39 is 7.60 Å². The largest absolute Gasteiger partial charge is 0.372 e. The molecule has 0 atom stereocenters. The van der Waals surface area contributed by atoms with E-state index in [1.165, 1.54) is 10.6 Å². The Morgan fingerprint density at radius 2 is 2.00 bits per heavy atom. The summed E-state index contributed by atoms with van der Waals surface area (Å²) in [6.45, 7) is 0. The summed E-state index contributed by atoms with van der Waals surface area (Å²) in [7, 11) is -2.61. The number of hydrogen-bond donors (Lipinski definition) is 2. The van der Waals surface area contributed by atoms with Crippen LogP contribution in [0.5, 0.6) is 0 Å². The molecule has 0 aliphatic rings. The first kappa shape index (κ1) is 10.7. The number of aromatic nitrogens is 1. The Kier molecular flexibility index (Phi) is 2.40. The van der Waals surface area contributed by atoms with Gasteiger partial charge in [-0.25, -0.2) is 0 Å². The molecule has 6 heteroatoms. The minimum atomic E-state index is -4.22. The molecular formula is C9H9ClNO3P. The zero-order chi connectivity index (χ0) is 11.2. The van der Waals surface area contributed by atoms with Crippen LogP contribution in [0.2, 0.25) is 5.02 Å². The summed E-state index contributed by atoms with van der Waals surface area (Å²) >= 11 is 5.79. The zero-order valence-electron chi connectivity index (χ0n) is 7.88. The second kappa shape index (κ2) is 3.35. The van der Waals surface area contributed by atoms with Gasteiger partial charge in [0.25, 0.3) is 0 Å². The van der Waals surface area contributed by atoms with Crippen molar-refractivity contribution in [1.29, 1.82) is 0 Å². The monoisotopic (exact) mass is 245 g/mol. The minimum absolute atomic E-state index is 0.000216. The first-order valence-electron chi connectivity index (χ1n) is 4.20. The Bertz CT molecular complexity index is 572. The van der Waals surface area contributed by atoms with Gasteiger partial charge in [-0.05, 0) is 24.3 Å². The smallest absolute Gasteiger partial charge is 0.337 e. The number of hydrogen-bond acceptors (Lipinski definition) is 1. The van der Waals surface area contributed by atoms with Crippen molar-refractivity contribution in [3.8, 4) is 0 Å². The Morgan fingerprint density at radius 1 is 1.33 bits per heavy atom. The molecule has 2 aromatic rings. The highest BCUT2D eigenvalue weighted by Crippen LogP contribution is 2.35. The summed E-state index contributed by atoms with van der Waals surface area (Å²) in [4.78, 5) is 18.2. The van der Waals surface area contributed by atoms with Crippen LogP contribution in [0.25, 0.3) is 10.9 Å². The Morgan fingerprint density at radius 3 is 2.60 bits per heavy atom. The second-order valence-electron chi connectivity index (χ2n) is 3.31. The van der Waals surface area contributed by atoms with Crippen LogP contribution in [0.15, 0.2) is 24.3 Å². The Labute approximate surface area is 91.3 Å². The molecule has 2 N–H and O–H groups in total. The van der Waals surface area contributed by atoms with E-state index in [0.29, 0.717) is 5.02 Å². The third kappa shape index (κ3) is 1.82. The van der Waals surface area contributed by atoms with Gasteiger partial charge in [0.2, 0.25) is 0 Å². The third-order valence-electron chi connectivity index (χ3n) is 2.28. The summed E-state index contributed by atoms with van der Waals surface area (Å²) in [5, 5.41) is 1.27. The average Bonchev–Trinajstić information content (AvgIpc) is 2.42. The first-order chi connectivity index (χ1) is 6.89. The van der Waals surface area contributed by atoms with E-state index in [2.05, 4.69) is 0 Å². The van der Waals surface area contributed by atoms with Gasteiger partial charge in [-0.1, -0.05) is 11.6 Å². The average molecular weight is 246 g/mol. The third-order valence-corrected chi connectivity index (χ3v) is 3.54. The molecular weight excluding hydrogens is 237 g/mol. The van der Waals surface area contributed by atoms with Gasteiger partial charge < -0.3 is 14.4 Å². The van der Waals surface area contributed by atoms with E-state index in [0.717, 1.165) is 10.9 Å². The quantitative estimate of drug-likeness (QED) is 0.751. The van der Waals surface area contributed by atoms with Gasteiger partial charge in [-0.15, -0.1) is 0 Å². The van der Waals surface area contributed by atoms with Gasteiger partial charge in [0, 0.05) is 23.0 Å². The molecule has 0 aliphatic heterocycles. The Hall–Kier alpha value is -0.800. The maximum Gasteiger partial charge on any atom is 0.372 e. The summed E-state index contributed by atoms with van der Waals surface area (Å²) in [6.07, 6.45) is 0. The molecule has 15 heavy (non-hydrogen) atoms. The van der Waals surface area contributed by atoms with Crippen LogP contribution in [0.1, 0.15) is 0 Å². The number of benzene rings is 1. The maximum absolute atomic E-state index is 11.1. The summed E-state index contributed by atoms with van der Waals surface area (Å²) in [5.74, 6) is 0. The van der Waals surface area contributed by atoms with Gasteiger partial charge >= 0.3 is 7.60 Å². The molecule has 80 valence electrons. The van der Waals surface area contributed by atoms with Crippen LogP contribution in [0.4, 0.5) is 0 Å². The van der Waals surface area contributed by atoms with Crippen LogP contribution in [0.3, 0.4) is 0 Å². The molecule has 0 unspecified atom stereocenters. The number of rotatable bonds is 1. The van der Waals surface area contributed by atoms with Crippen LogP contribution in [-0.2, 0) is 11.6 Å². The van der Waals surface area contributed by atoms with E-state index in [-0.39, 0.29) is 5.44 Å². The molecule has 1 aromatic heterocycles. The molecule has 0 radical (unpaired) electrons. The molecule has 0 spiro atoms. The number of aryl methyl sites for hydroxylation is 1. The molecule has 0 saturated carbocycles. The normalized spacial score (nSPS) is 12.3. The van der Waals surface area contributed by atoms with Crippen molar-refractivity contribution < 1.29 is 14.4 Å². The zero-order valence-corrected chi connectivity index (χ0v) is 9.53. The van der Waals surface area contributed by atoms with Crippen molar-refractivity contribution >= 4 is 35.5 Å². The highest BCUT2D eigenvalue weighted by Gasteiger charge is 2.22. The van der Waals surface area contributed by atoms with E-state index in [4.69, 9.17) is 21.4 Å². The van der Waals surface area contributed by atoms with Crippen molar-refractivity contribution in [2.75, 3.05) is 0 Å². The molecule has 4 nitrogen and oxygen atoms in total. The molecule has 0 aliphatic carbocycles. The van der Waals surface area contributed by atoms with Crippen LogP contribution in [0, 0.1) is 0 Å². The van der Waals surface area contributed by atoms with Gasteiger partial charge in [-0.2, -0.15) is 0 Å². The van der Waals surface area contributed by atoms with Gasteiger partial charge in [-0.3, -0.25) is 4.57 Å². The van der Waals surface area contributed by atoms with Crippen molar-refractivity contribution in [2.24, 2.45) is 7.05 Å². The highest BCUT2D eigenvalue weighted by molar-refractivity contribution is 7.60. The topological polar surface area (TPSA) is 62.5 Å². The fourth-order valence-corrected chi connectivity index (χ4v) is 2.57. The fraction of sp³-hybridized carbons (Fsp3) is 0.111. The SMILES string of the molecule is Cn1c(P(=O)(O)O)cc2cc(Cl)ccc21. The highest BCUT2D eigenvalue weighted by atomic mass is 35.5. The lowest BCUT2D eigenvalue weighted by atomic mass is 10.2. The molecule has 0 fully saturated rings. The summed E-state index contributed by atoms with van der Waals surface area (Å²) in [5.41, 5.74) is 0.748. The van der Waals surface area contributed by atoms with Crippen molar-refractivity contribution in [1.82, 2.24) is 4.57 Å². The summed E-state index contributed by atoms with van der Waals surface area (Å²) < 4.78 is 12.6. The maximum atomic E-state index is 11.1. The van der Waals surface area contributed by atoms with Gasteiger partial charge in [0.05, 0.1) is 0 Å². The predicted octanol–water partition coefficient (Wildman–Crippen LogP) is 1.63. The van der Waals surface area contributed by atoms with E-state index in [9.17, 15) is 4.57 Å². The summed E-state index contributed by atoms with van der Waals surface area (Å²) in [6, 6.07) is 6.56. The lowest BCUT2D eigenvalue weighted by Gasteiger charge is -2.04. The fourth-order valence-electron chi connectivity index (χ4n) is 1.59. The van der Waals surface area contributed by atoms with E-state index >= 15 is 0 Å². The first-order valence-corrected chi connectivity index (χ1v) is 6.20. The van der Waals surface area contributed by atoms with Crippen molar-refractivity contribution in [3.63, 3.8) is 0 Å². The number of fused-ring (bicyclic) bond motifs is 1. The van der Waals surface area contributed by atoms with E-state index in [1.54, 1.807) is 25.2 Å². The minimum Gasteiger partial charge on any atom is -0.337 e. The molecule has 1 aromatic carbocycles. The van der Waals surface area contributed by atoms with Gasteiger partial charge in [0.15, 0.2) is 0 Å². The lowest BCUT2D eigenvalue weighted by Crippen LogP contribution is -2.12. The van der Waals surface area contributed by atoms with Crippen LogP contribution in [-0.4, -0.2) is 14.4 Å². The molecule has 2 rings (SSSR count). The molecule has 0 saturated heterocycles. The molecule has 0 amide bonds. The Balaban J connectivity index is 2.81.